The molecule has 2 heteroatoms. The quantitative estimate of drug-likeness (QED) is 0.317. The average Bonchev–Trinajstić information content (AvgIpc) is 2.89. The van der Waals surface area contributed by atoms with Gasteiger partial charge < -0.3 is 0 Å². The van der Waals surface area contributed by atoms with Crippen LogP contribution in [0.2, 0.25) is 0 Å². The number of hydrogen-bond acceptors (Lipinski definition) is 2. The van der Waals surface area contributed by atoms with E-state index in [-0.39, 0.29) is 11.5 Å². The third-order valence-corrected chi connectivity index (χ3v) is 6.16. The molecule has 4 aromatic carbocycles. The summed E-state index contributed by atoms with van der Waals surface area (Å²) in [5.74, 6) is 0. The molecule has 0 aliphatic heterocycles. The molecular weight excluding hydrogens is 388 g/mol. The van der Waals surface area contributed by atoms with E-state index in [4.69, 9.17) is 0 Å². The smallest absolute Gasteiger partial charge is 0.0956 e. The number of hydrogen-bond donors (Lipinski definition) is 1. The minimum atomic E-state index is -0.326. The maximum absolute atomic E-state index is 9.90. The normalized spacial score (nSPS) is 12.1. The van der Waals surface area contributed by atoms with Crippen LogP contribution in [-0.2, 0) is 12.0 Å². The van der Waals surface area contributed by atoms with Gasteiger partial charge in [0, 0.05) is 12.0 Å². The predicted molar refractivity (Wildman–Crippen MR) is 131 cm³/mol. The van der Waals surface area contributed by atoms with E-state index in [0.29, 0.717) is 6.54 Å². The molecule has 158 valence electrons. The lowest BCUT2D eigenvalue weighted by Crippen LogP contribution is -2.34. The molecule has 2 nitrogen and oxygen atoms in total. The molecule has 4 rings (SSSR count). The Morgan fingerprint density at radius 3 is 1.44 bits per heavy atom. The Bertz CT molecular complexity index is 1020. The van der Waals surface area contributed by atoms with Gasteiger partial charge in [0.05, 0.1) is 12.1 Å². The van der Waals surface area contributed by atoms with Crippen LogP contribution >= 0.6 is 0 Å². The van der Waals surface area contributed by atoms with Gasteiger partial charge in [0.25, 0.3) is 0 Å². The summed E-state index contributed by atoms with van der Waals surface area (Å²) in [4.78, 5) is 0. The molecule has 0 aliphatic carbocycles. The number of nitrogens with zero attached hydrogens (tertiary/aromatic N) is 1. The summed E-state index contributed by atoms with van der Waals surface area (Å²) in [5.41, 5.74) is 4.60. The van der Waals surface area contributed by atoms with E-state index in [0.717, 1.165) is 12.8 Å². The van der Waals surface area contributed by atoms with Gasteiger partial charge in [-0.15, -0.1) is 0 Å². The molecular formula is C30H28N2. The Balaban J connectivity index is 1.68. The van der Waals surface area contributed by atoms with E-state index in [1.165, 1.54) is 22.3 Å². The lowest BCUT2D eigenvalue weighted by atomic mass is 9.66. The molecule has 0 amide bonds. The number of rotatable bonds is 9. The van der Waals surface area contributed by atoms with Crippen molar-refractivity contribution in [3.8, 4) is 6.07 Å². The summed E-state index contributed by atoms with van der Waals surface area (Å²) < 4.78 is 0. The van der Waals surface area contributed by atoms with E-state index < -0.39 is 0 Å². The molecule has 0 aliphatic rings. The molecule has 0 radical (unpaired) electrons. The second-order valence-corrected chi connectivity index (χ2v) is 8.09. The second-order valence-electron chi connectivity index (χ2n) is 8.09. The van der Waals surface area contributed by atoms with Crippen LogP contribution in [0.5, 0.6) is 0 Å². The molecule has 0 bridgehead atoms. The summed E-state index contributed by atoms with van der Waals surface area (Å²) in [6.07, 6.45) is 1.56. The zero-order chi connectivity index (χ0) is 22.1. The van der Waals surface area contributed by atoms with Crippen LogP contribution in [0, 0.1) is 11.3 Å². The molecule has 32 heavy (non-hydrogen) atoms. The van der Waals surface area contributed by atoms with E-state index in [9.17, 15) is 5.26 Å². The first-order valence-corrected chi connectivity index (χ1v) is 11.2. The SMILES string of the molecule is N#CC(CCC(c1ccccc1)(c1ccccc1)c1ccccc1)NCc1ccccc1. The highest BCUT2D eigenvalue weighted by Crippen LogP contribution is 2.43. The predicted octanol–water partition coefficient (Wildman–Crippen LogP) is 6.48. The van der Waals surface area contributed by atoms with E-state index in [1.54, 1.807) is 0 Å². The highest BCUT2D eigenvalue weighted by Gasteiger charge is 2.36. The van der Waals surface area contributed by atoms with Crippen LogP contribution in [0.3, 0.4) is 0 Å². The third kappa shape index (κ3) is 4.80. The van der Waals surface area contributed by atoms with Crippen molar-refractivity contribution >= 4 is 0 Å². The lowest BCUT2D eigenvalue weighted by molar-refractivity contribution is 0.471. The summed E-state index contributed by atoms with van der Waals surface area (Å²) in [5, 5.41) is 13.4. The van der Waals surface area contributed by atoms with Crippen molar-refractivity contribution in [2.75, 3.05) is 0 Å². The van der Waals surface area contributed by atoms with Gasteiger partial charge in [0.15, 0.2) is 0 Å². The topological polar surface area (TPSA) is 35.8 Å². The molecule has 0 saturated carbocycles. The van der Waals surface area contributed by atoms with Crippen molar-refractivity contribution in [2.45, 2.75) is 30.8 Å². The zero-order valence-electron chi connectivity index (χ0n) is 18.2. The first kappa shape index (κ1) is 21.6. The van der Waals surface area contributed by atoms with Crippen molar-refractivity contribution in [3.63, 3.8) is 0 Å². The molecule has 0 spiro atoms. The number of nitriles is 1. The molecule has 0 heterocycles. The lowest BCUT2D eigenvalue weighted by Gasteiger charge is -2.37. The number of nitrogens with one attached hydrogen (secondary N) is 1. The Labute approximate surface area is 191 Å². The first-order chi connectivity index (χ1) is 15.8. The highest BCUT2D eigenvalue weighted by molar-refractivity contribution is 5.50. The van der Waals surface area contributed by atoms with Crippen LogP contribution in [-0.4, -0.2) is 6.04 Å². The van der Waals surface area contributed by atoms with Gasteiger partial charge in [0.2, 0.25) is 0 Å². The zero-order valence-corrected chi connectivity index (χ0v) is 18.2. The monoisotopic (exact) mass is 416 g/mol. The van der Waals surface area contributed by atoms with Gasteiger partial charge in [-0.3, -0.25) is 5.32 Å². The fourth-order valence-electron chi connectivity index (χ4n) is 4.51. The summed E-state index contributed by atoms with van der Waals surface area (Å²) >= 11 is 0. The molecule has 1 N–H and O–H groups in total. The maximum atomic E-state index is 9.90. The van der Waals surface area contributed by atoms with Crippen molar-refractivity contribution in [2.24, 2.45) is 0 Å². The van der Waals surface area contributed by atoms with E-state index in [2.05, 4.69) is 115 Å². The largest absolute Gasteiger partial charge is 0.298 e. The summed E-state index contributed by atoms with van der Waals surface area (Å²) in [6, 6.07) is 44.5. The van der Waals surface area contributed by atoms with E-state index in [1.807, 2.05) is 18.2 Å². The van der Waals surface area contributed by atoms with Crippen LogP contribution in [0.1, 0.15) is 35.1 Å². The Morgan fingerprint density at radius 1 is 0.625 bits per heavy atom. The van der Waals surface area contributed by atoms with Crippen LogP contribution in [0.15, 0.2) is 121 Å². The van der Waals surface area contributed by atoms with E-state index >= 15 is 0 Å². The van der Waals surface area contributed by atoms with Crippen molar-refractivity contribution in [1.82, 2.24) is 5.32 Å². The fraction of sp³-hybridized carbons (Fsp3) is 0.167. The van der Waals surface area contributed by atoms with Gasteiger partial charge in [-0.1, -0.05) is 121 Å². The molecule has 0 saturated heterocycles. The standard InChI is InChI=1S/C30H28N2/c31-23-29(32-24-25-13-5-1-6-14-25)21-22-30(26-15-7-2-8-16-26,27-17-9-3-10-18-27)28-19-11-4-12-20-28/h1-20,29,32H,21-22,24H2. The molecule has 0 aromatic heterocycles. The molecule has 1 atom stereocenters. The van der Waals surface area contributed by atoms with Crippen LogP contribution in [0.4, 0.5) is 0 Å². The minimum absolute atomic E-state index is 0.231. The highest BCUT2D eigenvalue weighted by atomic mass is 14.9. The maximum Gasteiger partial charge on any atom is 0.0956 e. The van der Waals surface area contributed by atoms with Crippen molar-refractivity contribution < 1.29 is 0 Å². The third-order valence-electron chi connectivity index (χ3n) is 6.16. The number of benzene rings is 4. The van der Waals surface area contributed by atoms with Crippen LogP contribution < -0.4 is 5.32 Å². The first-order valence-electron chi connectivity index (χ1n) is 11.2. The van der Waals surface area contributed by atoms with Crippen molar-refractivity contribution in [3.05, 3.63) is 144 Å². The molecule has 0 fully saturated rings. The minimum Gasteiger partial charge on any atom is -0.298 e. The van der Waals surface area contributed by atoms with Crippen molar-refractivity contribution in [1.29, 1.82) is 5.26 Å². The second kappa shape index (κ2) is 10.6. The van der Waals surface area contributed by atoms with Gasteiger partial charge in [-0.05, 0) is 35.1 Å². The molecule has 4 aromatic rings. The summed E-state index contributed by atoms with van der Waals surface area (Å²) in [6.45, 7) is 0.689. The van der Waals surface area contributed by atoms with Gasteiger partial charge >= 0.3 is 0 Å². The average molecular weight is 417 g/mol. The fourth-order valence-corrected chi connectivity index (χ4v) is 4.51. The van der Waals surface area contributed by atoms with Gasteiger partial charge in [-0.2, -0.15) is 5.26 Å². The summed E-state index contributed by atoms with van der Waals surface area (Å²) in [7, 11) is 0. The molecule has 1 unspecified atom stereocenters. The Hall–Kier alpha value is -3.67. The van der Waals surface area contributed by atoms with Gasteiger partial charge in [0.1, 0.15) is 0 Å². The van der Waals surface area contributed by atoms with Crippen LogP contribution in [0.25, 0.3) is 0 Å². The Morgan fingerprint density at radius 2 is 1.03 bits per heavy atom. The van der Waals surface area contributed by atoms with Gasteiger partial charge in [-0.25, -0.2) is 0 Å². The Kier molecular flexibility index (Phi) is 7.12.